The second-order valence-electron chi connectivity index (χ2n) is 7.71. The van der Waals surface area contributed by atoms with Crippen LogP contribution in [0.4, 0.5) is 5.82 Å². The number of Topliss-reactive ketones (excluding diaryl/α,β-unsaturated/α-hetero) is 1. The van der Waals surface area contributed by atoms with Gasteiger partial charge in [-0.25, -0.2) is 0 Å². The van der Waals surface area contributed by atoms with Crippen molar-refractivity contribution >= 4 is 39.2 Å². The van der Waals surface area contributed by atoms with Gasteiger partial charge in [-0.2, -0.15) is 0 Å². The molecule has 0 bridgehead atoms. The van der Waals surface area contributed by atoms with Crippen molar-refractivity contribution in [2.45, 2.75) is 32.9 Å². The van der Waals surface area contributed by atoms with E-state index >= 15 is 0 Å². The number of aliphatic hydroxyl groups excluding tert-OH is 1. The molecule has 1 atom stereocenters. The predicted molar refractivity (Wildman–Crippen MR) is 122 cm³/mol. The smallest absolute Gasteiger partial charge is 0.301 e. The Balaban J connectivity index is 1.85. The number of carbonyl (C=O) groups is 2. The van der Waals surface area contributed by atoms with Gasteiger partial charge in [-0.3, -0.25) is 14.5 Å². The number of halogens is 1. The van der Waals surface area contributed by atoms with Crippen molar-refractivity contribution in [1.82, 2.24) is 5.16 Å². The Morgan fingerprint density at radius 1 is 1.12 bits per heavy atom. The maximum absolute atomic E-state index is 13.1. The largest absolute Gasteiger partial charge is 0.507 e. The lowest BCUT2D eigenvalue weighted by Gasteiger charge is -2.23. The van der Waals surface area contributed by atoms with Gasteiger partial charge < -0.3 is 14.4 Å². The Morgan fingerprint density at radius 3 is 2.34 bits per heavy atom. The number of benzene rings is 2. The highest BCUT2D eigenvalue weighted by molar-refractivity contribution is 9.10. The Bertz CT molecular complexity index is 1200. The molecule has 32 heavy (non-hydrogen) atoms. The van der Waals surface area contributed by atoms with Gasteiger partial charge in [0.25, 0.3) is 5.78 Å². The number of ether oxygens (including phenoxy) is 1. The fraction of sp³-hybridized carbons (Fsp3) is 0.208. The highest BCUT2D eigenvalue weighted by atomic mass is 79.9. The van der Waals surface area contributed by atoms with E-state index in [4.69, 9.17) is 9.26 Å². The van der Waals surface area contributed by atoms with E-state index in [-0.39, 0.29) is 23.3 Å². The molecule has 1 aliphatic heterocycles. The van der Waals surface area contributed by atoms with Gasteiger partial charge in [0.05, 0.1) is 17.7 Å². The molecule has 0 aliphatic carbocycles. The van der Waals surface area contributed by atoms with Crippen LogP contribution in [0.1, 0.15) is 36.8 Å². The number of nitrogens with zero attached hydrogens (tertiary/aromatic N) is 2. The monoisotopic (exact) mass is 496 g/mol. The average Bonchev–Trinajstić information content (AvgIpc) is 3.29. The first kappa shape index (κ1) is 21.8. The van der Waals surface area contributed by atoms with Gasteiger partial charge in [0.1, 0.15) is 17.3 Å². The van der Waals surface area contributed by atoms with Crippen molar-refractivity contribution in [3.8, 4) is 5.75 Å². The molecule has 0 saturated carbocycles. The third-order valence-electron chi connectivity index (χ3n) is 4.99. The summed E-state index contributed by atoms with van der Waals surface area (Å²) in [4.78, 5) is 27.3. The summed E-state index contributed by atoms with van der Waals surface area (Å²) < 4.78 is 11.6. The zero-order valence-electron chi connectivity index (χ0n) is 17.7. The SMILES string of the molecule is Cc1cc(N2C(=O)C(=O)/C(=C(/O)c3ccc(OC(C)C)cc3)[C@H]2c2ccc(Br)cc2)no1. The van der Waals surface area contributed by atoms with Crippen LogP contribution in [0.25, 0.3) is 5.76 Å². The molecule has 0 spiro atoms. The molecular formula is C24H21BrN2O5. The van der Waals surface area contributed by atoms with Crippen molar-refractivity contribution in [2.24, 2.45) is 0 Å². The van der Waals surface area contributed by atoms with E-state index in [1.165, 1.54) is 4.90 Å². The highest BCUT2D eigenvalue weighted by Gasteiger charge is 2.48. The highest BCUT2D eigenvalue weighted by Crippen LogP contribution is 2.42. The zero-order chi connectivity index (χ0) is 23.0. The Hall–Kier alpha value is -3.39. The molecule has 3 aromatic rings. The number of amides is 1. The molecule has 2 aromatic carbocycles. The first-order valence-corrected chi connectivity index (χ1v) is 10.8. The minimum Gasteiger partial charge on any atom is -0.507 e. The number of aliphatic hydroxyl groups is 1. The van der Waals surface area contributed by atoms with Crippen LogP contribution >= 0.6 is 15.9 Å². The molecular weight excluding hydrogens is 476 g/mol. The summed E-state index contributed by atoms with van der Waals surface area (Å²) in [5.74, 6) is -0.504. The van der Waals surface area contributed by atoms with Crippen LogP contribution in [0.15, 0.2) is 69.2 Å². The molecule has 0 unspecified atom stereocenters. The Morgan fingerprint density at radius 2 is 1.78 bits per heavy atom. The van der Waals surface area contributed by atoms with Gasteiger partial charge in [0.15, 0.2) is 5.82 Å². The second kappa shape index (κ2) is 8.63. The van der Waals surface area contributed by atoms with Crippen molar-refractivity contribution in [3.63, 3.8) is 0 Å². The third-order valence-corrected chi connectivity index (χ3v) is 5.52. The standard InChI is InChI=1S/C24H21BrN2O5/c1-13(2)31-18-10-6-16(7-11-18)22(28)20-21(15-4-8-17(25)9-5-15)27(24(30)23(20)29)19-12-14(3)32-26-19/h4-13,21,28H,1-3H3/b22-20+/t21-/m1/s1. The minimum atomic E-state index is -0.862. The number of aryl methyl sites for hydroxylation is 1. The van der Waals surface area contributed by atoms with Crippen molar-refractivity contribution < 1.29 is 24.0 Å². The predicted octanol–water partition coefficient (Wildman–Crippen LogP) is 5.16. The van der Waals surface area contributed by atoms with Crippen LogP contribution in [-0.2, 0) is 9.59 Å². The van der Waals surface area contributed by atoms with Crippen molar-refractivity contribution in [1.29, 1.82) is 0 Å². The lowest BCUT2D eigenvalue weighted by molar-refractivity contribution is -0.132. The van der Waals surface area contributed by atoms with Gasteiger partial charge in [0.2, 0.25) is 0 Å². The van der Waals surface area contributed by atoms with Crippen LogP contribution in [0.3, 0.4) is 0 Å². The molecule has 1 aliphatic rings. The number of hydrogen-bond acceptors (Lipinski definition) is 6. The van der Waals surface area contributed by atoms with Crippen molar-refractivity contribution in [2.75, 3.05) is 4.90 Å². The molecule has 0 radical (unpaired) electrons. The van der Waals surface area contributed by atoms with E-state index in [2.05, 4.69) is 21.1 Å². The summed E-state index contributed by atoms with van der Waals surface area (Å²) >= 11 is 3.40. The molecule has 1 N–H and O–H groups in total. The summed E-state index contributed by atoms with van der Waals surface area (Å²) in [6, 6.07) is 14.6. The van der Waals surface area contributed by atoms with E-state index in [1.807, 2.05) is 26.0 Å². The fourth-order valence-electron chi connectivity index (χ4n) is 3.62. The van der Waals surface area contributed by atoms with E-state index < -0.39 is 17.7 Å². The Labute approximate surface area is 193 Å². The van der Waals surface area contributed by atoms with Gasteiger partial charge in [0, 0.05) is 16.1 Å². The van der Waals surface area contributed by atoms with Gasteiger partial charge in [-0.05, 0) is 62.7 Å². The van der Waals surface area contributed by atoms with Gasteiger partial charge in [-0.1, -0.05) is 33.2 Å². The quantitative estimate of drug-likeness (QED) is 0.298. The summed E-state index contributed by atoms with van der Waals surface area (Å²) in [6.45, 7) is 5.53. The number of hydrogen-bond donors (Lipinski definition) is 1. The molecule has 1 amide bonds. The topological polar surface area (TPSA) is 92.9 Å². The number of carbonyl (C=O) groups excluding carboxylic acids is 2. The van der Waals surface area contributed by atoms with Crippen LogP contribution in [0.2, 0.25) is 0 Å². The van der Waals surface area contributed by atoms with E-state index in [9.17, 15) is 14.7 Å². The summed E-state index contributed by atoms with van der Waals surface area (Å²) in [6.07, 6.45) is 0.00286. The lowest BCUT2D eigenvalue weighted by Crippen LogP contribution is -2.29. The lowest BCUT2D eigenvalue weighted by atomic mass is 9.95. The average molecular weight is 497 g/mol. The summed E-state index contributed by atoms with van der Waals surface area (Å²) in [5.41, 5.74) is 1.03. The molecule has 8 heteroatoms. The van der Waals surface area contributed by atoms with Crippen LogP contribution in [-0.4, -0.2) is 28.1 Å². The van der Waals surface area contributed by atoms with E-state index in [0.717, 1.165) is 4.47 Å². The molecule has 1 aromatic heterocycles. The molecule has 4 rings (SSSR count). The van der Waals surface area contributed by atoms with Gasteiger partial charge >= 0.3 is 5.91 Å². The first-order valence-electron chi connectivity index (χ1n) is 10.0. The van der Waals surface area contributed by atoms with Crippen LogP contribution < -0.4 is 9.64 Å². The maximum Gasteiger partial charge on any atom is 0.301 e. The molecule has 2 heterocycles. The molecule has 7 nitrogen and oxygen atoms in total. The Kier molecular flexibility index (Phi) is 5.88. The summed E-state index contributed by atoms with van der Waals surface area (Å²) in [5, 5.41) is 15.1. The van der Waals surface area contributed by atoms with Gasteiger partial charge in [-0.15, -0.1) is 0 Å². The molecule has 164 valence electrons. The first-order chi connectivity index (χ1) is 15.3. The number of ketones is 1. The normalized spacial score (nSPS) is 17.9. The number of anilines is 1. The van der Waals surface area contributed by atoms with E-state index in [1.54, 1.807) is 49.4 Å². The zero-order valence-corrected chi connectivity index (χ0v) is 19.3. The number of rotatable bonds is 5. The summed E-state index contributed by atoms with van der Waals surface area (Å²) in [7, 11) is 0. The maximum atomic E-state index is 13.1. The van der Waals surface area contributed by atoms with Crippen LogP contribution in [0, 0.1) is 6.92 Å². The fourth-order valence-corrected chi connectivity index (χ4v) is 3.88. The van der Waals surface area contributed by atoms with Crippen LogP contribution in [0.5, 0.6) is 5.75 Å². The number of aromatic nitrogens is 1. The minimum absolute atomic E-state index is 0.00286. The second-order valence-corrected chi connectivity index (χ2v) is 8.62. The molecule has 1 fully saturated rings. The molecule has 1 saturated heterocycles. The van der Waals surface area contributed by atoms with Crippen molar-refractivity contribution in [3.05, 3.63) is 81.5 Å². The van der Waals surface area contributed by atoms with E-state index in [0.29, 0.717) is 22.6 Å². The third kappa shape index (κ3) is 4.05.